The molecule has 106 valence electrons. The molecule has 0 saturated carbocycles. The molecule has 1 fully saturated rings. The Hall–Kier alpha value is -1.43. The fraction of sp³-hybridized carbons (Fsp3) is 0.769. The smallest absolute Gasteiger partial charge is 0.227 e. The van der Waals surface area contributed by atoms with Crippen LogP contribution in [0, 0.1) is 0 Å². The van der Waals surface area contributed by atoms with Crippen molar-refractivity contribution in [2.45, 2.75) is 51.5 Å². The number of carbonyl (C=O) groups is 1. The number of carbonyl (C=O) groups excluding carboxylic acids is 1. The Bertz CT molecular complexity index is 411. The summed E-state index contributed by atoms with van der Waals surface area (Å²) in [5.41, 5.74) is 0. The second-order valence-electron chi connectivity index (χ2n) is 5.31. The number of hydrogen-bond donors (Lipinski definition) is 2. The molecule has 2 heterocycles. The van der Waals surface area contributed by atoms with E-state index in [4.69, 9.17) is 4.52 Å². The van der Waals surface area contributed by atoms with Gasteiger partial charge >= 0.3 is 0 Å². The normalized spacial score (nSPS) is 19.6. The van der Waals surface area contributed by atoms with Gasteiger partial charge in [-0.2, -0.15) is 4.98 Å². The first-order valence-corrected chi connectivity index (χ1v) is 6.97. The minimum atomic E-state index is 0.0537. The summed E-state index contributed by atoms with van der Waals surface area (Å²) in [7, 11) is 0. The molecular formula is C13H22N4O2. The Morgan fingerprint density at radius 1 is 1.58 bits per heavy atom. The second kappa shape index (κ2) is 6.65. The van der Waals surface area contributed by atoms with E-state index >= 15 is 0 Å². The lowest BCUT2D eigenvalue weighted by Gasteiger charge is -2.23. The van der Waals surface area contributed by atoms with Gasteiger partial charge in [-0.3, -0.25) is 4.79 Å². The largest absolute Gasteiger partial charge is 0.352 e. The lowest BCUT2D eigenvalue weighted by Crippen LogP contribution is -2.45. The van der Waals surface area contributed by atoms with Crippen LogP contribution in [0.15, 0.2) is 4.52 Å². The van der Waals surface area contributed by atoms with Gasteiger partial charge in [-0.15, -0.1) is 0 Å². The molecule has 1 aliphatic heterocycles. The van der Waals surface area contributed by atoms with Crippen molar-refractivity contribution in [1.29, 1.82) is 0 Å². The maximum atomic E-state index is 11.8. The van der Waals surface area contributed by atoms with Crippen molar-refractivity contribution in [2.75, 3.05) is 13.1 Å². The Kier molecular flexibility index (Phi) is 4.90. The molecule has 0 aliphatic carbocycles. The molecule has 6 heteroatoms. The SMILES string of the molecule is CC(C)c1noc(CCC(=O)N[C@H]2CCCNC2)n1. The topological polar surface area (TPSA) is 80.0 Å². The lowest BCUT2D eigenvalue weighted by atomic mass is 10.1. The maximum Gasteiger partial charge on any atom is 0.227 e. The highest BCUT2D eigenvalue weighted by Gasteiger charge is 2.16. The Morgan fingerprint density at radius 3 is 3.05 bits per heavy atom. The van der Waals surface area contributed by atoms with Gasteiger partial charge in [-0.25, -0.2) is 0 Å². The van der Waals surface area contributed by atoms with Gasteiger partial charge in [-0.1, -0.05) is 19.0 Å². The van der Waals surface area contributed by atoms with Gasteiger partial charge in [0.1, 0.15) is 0 Å². The number of hydrogen-bond acceptors (Lipinski definition) is 5. The molecule has 2 rings (SSSR count). The Morgan fingerprint density at radius 2 is 2.42 bits per heavy atom. The van der Waals surface area contributed by atoms with Crippen LogP contribution < -0.4 is 10.6 Å². The number of amides is 1. The number of aryl methyl sites for hydroxylation is 1. The van der Waals surface area contributed by atoms with Crippen molar-refractivity contribution >= 4 is 5.91 Å². The van der Waals surface area contributed by atoms with Crippen LogP contribution >= 0.6 is 0 Å². The van der Waals surface area contributed by atoms with Crippen LogP contribution in [0.4, 0.5) is 0 Å². The van der Waals surface area contributed by atoms with Gasteiger partial charge in [0.15, 0.2) is 5.82 Å². The van der Waals surface area contributed by atoms with Crippen LogP contribution in [0.5, 0.6) is 0 Å². The Balaban J connectivity index is 1.73. The summed E-state index contributed by atoms with van der Waals surface area (Å²) in [6, 6.07) is 0.259. The molecule has 1 atom stereocenters. The number of piperidine rings is 1. The van der Waals surface area contributed by atoms with Gasteiger partial charge in [-0.05, 0) is 19.4 Å². The van der Waals surface area contributed by atoms with E-state index in [0.29, 0.717) is 24.6 Å². The summed E-state index contributed by atoms with van der Waals surface area (Å²) in [6.45, 7) is 5.94. The molecule has 2 N–H and O–H groups in total. The highest BCUT2D eigenvalue weighted by atomic mass is 16.5. The minimum Gasteiger partial charge on any atom is -0.352 e. The van der Waals surface area contributed by atoms with E-state index in [0.717, 1.165) is 25.9 Å². The molecule has 0 unspecified atom stereocenters. The van der Waals surface area contributed by atoms with E-state index in [1.807, 2.05) is 13.8 Å². The van der Waals surface area contributed by atoms with Crippen LogP contribution in [0.25, 0.3) is 0 Å². The van der Waals surface area contributed by atoms with Crippen molar-refractivity contribution in [3.05, 3.63) is 11.7 Å². The molecule has 6 nitrogen and oxygen atoms in total. The molecule has 1 aliphatic rings. The zero-order valence-corrected chi connectivity index (χ0v) is 11.6. The van der Waals surface area contributed by atoms with Crippen molar-refractivity contribution in [2.24, 2.45) is 0 Å². The van der Waals surface area contributed by atoms with Crippen molar-refractivity contribution in [3.8, 4) is 0 Å². The lowest BCUT2D eigenvalue weighted by molar-refractivity contribution is -0.121. The van der Waals surface area contributed by atoms with Gasteiger partial charge in [0.25, 0.3) is 0 Å². The summed E-state index contributed by atoms with van der Waals surface area (Å²) in [5.74, 6) is 1.55. The third-order valence-electron chi connectivity index (χ3n) is 3.23. The summed E-state index contributed by atoms with van der Waals surface area (Å²) >= 11 is 0. The van der Waals surface area contributed by atoms with Gasteiger partial charge in [0.05, 0.1) is 0 Å². The molecule has 0 bridgehead atoms. The quantitative estimate of drug-likeness (QED) is 0.831. The summed E-state index contributed by atoms with van der Waals surface area (Å²) in [4.78, 5) is 16.1. The highest BCUT2D eigenvalue weighted by Crippen LogP contribution is 2.10. The summed E-state index contributed by atoms with van der Waals surface area (Å²) in [6.07, 6.45) is 3.07. The first-order chi connectivity index (χ1) is 9.15. The highest BCUT2D eigenvalue weighted by molar-refractivity contribution is 5.76. The molecule has 0 aromatic carbocycles. The number of nitrogens with one attached hydrogen (secondary N) is 2. The predicted octanol–water partition coefficient (Wildman–Crippen LogP) is 0.994. The number of aromatic nitrogens is 2. The summed E-state index contributed by atoms with van der Waals surface area (Å²) < 4.78 is 5.11. The first-order valence-electron chi connectivity index (χ1n) is 6.97. The van der Waals surface area contributed by atoms with E-state index in [1.165, 1.54) is 0 Å². The van der Waals surface area contributed by atoms with Crippen LogP contribution in [-0.4, -0.2) is 35.2 Å². The van der Waals surface area contributed by atoms with Crippen LogP contribution in [0.1, 0.15) is 50.7 Å². The van der Waals surface area contributed by atoms with Gasteiger partial charge < -0.3 is 15.2 Å². The number of nitrogens with zero attached hydrogens (tertiary/aromatic N) is 2. The molecule has 0 radical (unpaired) electrons. The zero-order valence-electron chi connectivity index (χ0n) is 11.6. The molecule has 1 aromatic rings. The fourth-order valence-electron chi connectivity index (χ4n) is 2.10. The number of rotatable bonds is 5. The second-order valence-corrected chi connectivity index (χ2v) is 5.31. The average molecular weight is 266 g/mol. The van der Waals surface area contributed by atoms with Crippen LogP contribution in [-0.2, 0) is 11.2 Å². The van der Waals surface area contributed by atoms with E-state index < -0.39 is 0 Å². The molecule has 1 amide bonds. The zero-order chi connectivity index (χ0) is 13.7. The molecule has 0 spiro atoms. The van der Waals surface area contributed by atoms with Crippen molar-refractivity contribution < 1.29 is 9.32 Å². The van der Waals surface area contributed by atoms with Crippen LogP contribution in [0.2, 0.25) is 0 Å². The molecular weight excluding hydrogens is 244 g/mol. The maximum absolute atomic E-state index is 11.8. The first kappa shape index (κ1) is 14.0. The monoisotopic (exact) mass is 266 g/mol. The van der Waals surface area contributed by atoms with E-state index in [2.05, 4.69) is 20.8 Å². The predicted molar refractivity (Wildman–Crippen MR) is 70.7 cm³/mol. The van der Waals surface area contributed by atoms with Crippen LogP contribution in [0.3, 0.4) is 0 Å². The van der Waals surface area contributed by atoms with Gasteiger partial charge in [0, 0.05) is 31.3 Å². The van der Waals surface area contributed by atoms with E-state index in [-0.39, 0.29) is 17.9 Å². The van der Waals surface area contributed by atoms with E-state index in [9.17, 15) is 4.79 Å². The fourth-order valence-corrected chi connectivity index (χ4v) is 2.10. The van der Waals surface area contributed by atoms with Crippen molar-refractivity contribution in [1.82, 2.24) is 20.8 Å². The Labute approximate surface area is 113 Å². The standard InChI is InChI=1S/C13H22N4O2/c1-9(2)13-16-12(19-17-13)6-5-11(18)15-10-4-3-7-14-8-10/h9-10,14H,3-8H2,1-2H3,(H,15,18)/t10-/m0/s1. The third-order valence-corrected chi connectivity index (χ3v) is 3.23. The minimum absolute atomic E-state index is 0.0537. The third kappa shape index (κ3) is 4.31. The molecule has 19 heavy (non-hydrogen) atoms. The van der Waals surface area contributed by atoms with Crippen molar-refractivity contribution in [3.63, 3.8) is 0 Å². The van der Waals surface area contributed by atoms with Gasteiger partial charge in [0.2, 0.25) is 11.8 Å². The molecule has 1 aromatic heterocycles. The van der Waals surface area contributed by atoms with E-state index in [1.54, 1.807) is 0 Å². The average Bonchev–Trinajstić information content (AvgIpc) is 2.86. The molecule has 1 saturated heterocycles. The summed E-state index contributed by atoms with van der Waals surface area (Å²) in [5, 5.41) is 10.2.